The first-order valence-corrected chi connectivity index (χ1v) is 7.81. The lowest BCUT2D eigenvalue weighted by Gasteiger charge is -2.34. The fraction of sp³-hybridized carbons (Fsp3) is 0.750. The third-order valence-corrected chi connectivity index (χ3v) is 3.27. The minimum atomic E-state index is -4.92. The van der Waals surface area contributed by atoms with E-state index in [9.17, 15) is 22.8 Å². The van der Waals surface area contributed by atoms with E-state index in [-0.39, 0.29) is 13.2 Å². The SMILES string of the molecule is CCOC(=O)/C(=C/[C@@H]1COC(C)(C)N1C(=O)OC(C)(C)C)C(F)(F)F. The number of carbonyl (C=O) groups is 2. The molecule has 9 heteroatoms. The summed E-state index contributed by atoms with van der Waals surface area (Å²) in [5, 5.41) is 0. The van der Waals surface area contributed by atoms with Gasteiger partial charge in [0.2, 0.25) is 0 Å². The van der Waals surface area contributed by atoms with Crippen molar-refractivity contribution in [3.63, 3.8) is 0 Å². The van der Waals surface area contributed by atoms with Gasteiger partial charge in [-0.2, -0.15) is 13.2 Å². The van der Waals surface area contributed by atoms with E-state index >= 15 is 0 Å². The van der Waals surface area contributed by atoms with Crippen molar-refractivity contribution in [3.8, 4) is 0 Å². The van der Waals surface area contributed by atoms with Crippen LogP contribution in [0.4, 0.5) is 18.0 Å². The second kappa shape index (κ2) is 7.23. The predicted octanol–water partition coefficient (Wildman–Crippen LogP) is 3.41. The second-order valence-electron chi connectivity index (χ2n) is 6.97. The number of hydrogen-bond acceptors (Lipinski definition) is 5. The molecule has 0 aromatic rings. The molecule has 0 aromatic heterocycles. The van der Waals surface area contributed by atoms with Gasteiger partial charge in [-0.05, 0) is 47.6 Å². The highest BCUT2D eigenvalue weighted by Gasteiger charge is 2.48. The highest BCUT2D eigenvalue weighted by atomic mass is 19.4. The normalized spacial score (nSPS) is 21.2. The van der Waals surface area contributed by atoms with Crippen molar-refractivity contribution in [2.24, 2.45) is 0 Å². The summed E-state index contributed by atoms with van der Waals surface area (Å²) in [5.41, 5.74) is -3.50. The fourth-order valence-electron chi connectivity index (χ4n) is 2.30. The molecular weight excluding hydrogens is 343 g/mol. The molecule has 6 nitrogen and oxygen atoms in total. The molecule has 0 saturated carbocycles. The van der Waals surface area contributed by atoms with Crippen LogP contribution in [-0.4, -0.2) is 53.7 Å². The van der Waals surface area contributed by atoms with Crippen LogP contribution in [0, 0.1) is 0 Å². The largest absolute Gasteiger partial charge is 0.462 e. The van der Waals surface area contributed by atoms with Crippen LogP contribution in [0.2, 0.25) is 0 Å². The van der Waals surface area contributed by atoms with Gasteiger partial charge in [0.15, 0.2) is 0 Å². The summed E-state index contributed by atoms with van der Waals surface area (Å²) >= 11 is 0. The zero-order chi connectivity index (χ0) is 19.6. The highest BCUT2D eigenvalue weighted by molar-refractivity contribution is 5.90. The molecule has 0 spiro atoms. The van der Waals surface area contributed by atoms with E-state index in [2.05, 4.69) is 4.74 Å². The summed E-state index contributed by atoms with van der Waals surface area (Å²) in [6, 6.07) is -1.12. The van der Waals surface area contributed by atoms with E-state index in [4.69, 9.17) is 9.47 Å². The number of rotatable bonds is 3. The molecule has 1 atom stereocenters. The maximum absolute atomic E-state index is 13.2. The monoisotopic (exact) mass is 367 g/mol. The number of nitrogens with zero attached hydrogens (tertiary/aromatic N) is 1. The van der Waals surface area contributed by atoms with Crippen molar-refractivity contribution in [3.05, 3.63) is 11.6 Å². The summed E-state index contributed by atoms with van der Waals surface area (Å²) in [4.78, 5) is 25.1. The van der Waals surface area contributed by atoms with Crippen LogP contribution in [0.5, 0.6) is 0 Å². The zero-order valence-corrected chi connectivity index (χ0v) is 15.2. The van der Waals surface area contributed by atoms with Gasteiger partial charge < -0.3 is 14.2 Å². The first-order valence-electron chi connectivity index (χ1n) is 7.81. The Morgan fingerprint density at radius 1 is 1.28 bits per heavy atom. The summed E-state index contributed by atoms with van der Waals surface area (Å²) in [5.74, 6) is -1.50. The van der Waals surface area contributed by atoms with E-state index < -0.39 is 41.2 Å². The smallest absolute Gasteiger partial charge is 0.423 e. The Morgan fingerprint density at radius 2 is 1.84 bits per heavy atom. The molecular formula is C16H24F3NO5. The topological polar surface area (TPSA) is 65.1 Å². The van der Waals surface area contributed by atoms with Gasteiger partial charge in [-0.1, -0.05) is 0 Å². The molecule has 1 saturated heterocycles. The van der Waals surface area contributed by atoms with Gasteiger partial charge in [0.25, 0.3) is 0 Å². The van der Waals surface area contributed by atoms with Gasteiger partial charge in [-0.25, -0.2) is 9.59 Å². The average molecular weight is 367 g/mol. The number of halogens is 3. The van der Waals surface area contributed by atoms with Crippen LogP contribution < -0.4 is 0 Å². The lowest BCUT2D eigenvalue weighted by atomic mass is 10.1. The van der Waals surface area contributed by atoms with Crippen LogP contribution in [-0.2, 0) is 19.0 Å². The van der Waals surface area contributed by atoms with Crippen LogP contribution in [0.1, 0.15) is 41.5 Å². The zero-order valence-electron chi connectivity index (χ0n) is 15.2. The third-order valence-electron chi connectivity index (χ3n) is 3.27. The molecule has 1 heterocycles. The van der Waals surface area contributed by atoms with E-state index in [1.165, 1.54) is 20.8 Å². The highest BCUT2D eigenvalue weighted by Crippen LogP contribution is 2.33. The molecule has 1 aliphatic heterocycles. The molecule has 25 heavy (non-hydrogen) atoms. The molecule has 1 amide bonds. The lowest BCUT2D eigenvalue weighted by molar-refractivity contribution is -0.150. The van der Waals surface area contributed by atoms with E-state index in [1.807, 2.05) is 0 Å². The molecule has 1 fully saturated rings. The number of hydrogen-bond donors (Lipinski definition) is 0. The van der Waals surface area contributed by atoms with Crippen LogP contribution in [0.15, 0.2) is 11.6 Å². The average Bonchev–Trinajstić information content (AvgIpc) is 2.67. The Kier molecular flexibility index (Phi) is 6.15. The number of carbonyl (C=O) groups excluding carboxylic acids is 2. The predicted molar refractivity (Wildman–Crippen MR) is 82.7 cm³/mol. The number of amides is 1. The number of ether oxygens (including phenoxy) is 3. The van der Waals surface area contributed by atoms with Gasteiger partial charge >= 0.3 is 18.2 Å². The summed E-state index contributed by atoms with van der Waals surface area (Å²) in [6.07, 6.45) is -5.10. The Balaban J connectivity index is 3.22. The molecule has 0 unspecified atom stereocenters. The summed E-state index contributed by atoms with van der Waals surface area (Å²) in [6.45, 7) is 8.98. The van der Waals surface area contributed by atoms with E-state index in [0.717, 1.165) is 4.90 Å². The molecule has 1 aliphatic rings. The van der Waals surface area contributed by atoms with Crippen LogP contribution >= 0.6 is 0 Å². The Morgan fingerprint density at radius 3 is 2.28 bits per heavy atom. The third kappa shape index (κ3) is 5.62. The maximum Gasteiger partial charge on any atom is 0.423 e. The Labute approximate surface area is 144 Å². The minimum Gasteiger partial charge on any atom is -0.462 e. The van der Waals surface area contributed by atoms with Crippen molar-refractivity contribution in [2.75, 3.05) is 13.2 Å². The van der Waals surface area contributed by atoms with Crippen molar-refractivity contribution in [1.82, 2.24) is 4.90 Å². The lowest BCUT2D eigenvalue weighted by Crippen LogP contribution is -2.49. The molecule has 0 N–H and O–H groups in total. The minimum absolute atomic E-state index is 0.200. The molecule has 144 valence electrons. The van der Waals surface area contributed by atoms with Crippen molar-refractivity contribution in [1.29, 1.82) is 0 Å². The van der Waals surface area contributed by atoms with Crippen LogP contribution in [0.25, 0.3) is 0 Å². The molecule has 0 radical (unpaired) electrons. The first kappa shape index (κ1) is 21.3. The summed E-state index contributed by atoms with van der Waals surface area (Å²) in [7, 11) is 0. The number of esters is 1. The van der Waals surface area contributed by atoms with Gasteiger partial charge in [-0.15, -0.1) is 0 Å². The Bertz CT molecular complexity index is 549. The molecule has 0 bridgehead atoms. The van der Waals surface area contributed by atoms with Crippen molar-refractivity contribution in [2.45, 2.75) is 65.1 Å². The number of alkyl halides is 3. The first-order chi connectivity index (χ1) is 11.2. The maximum atomic E-state index is 13.2. The standard InChI is InChI=1S/C16H24F3NO5/c1-7-23-12(21)11(16(17,18)19)8-10-9-24-15(5,6)20(10)13(22)25-14(2,3)4/h8,10H,7,9H2,1-6H3/b11-8-/t10-/m1/s1. The van der Waals surface area contributed by atoms with Gasteiger partial charge in [-0.3, -0.25) is 4.90 Å². The summed E-state index contributed by atoms with van der Waals surface area (Å²) < 4.78 is 54.7. The Hall–Kier alpha value is -1.77. The van der Waals surface area contributed by atoms with Crippen molar-refractivity contribution >= 4 is 12.1 Å². The van der Waals surface area contributed by atoms with E-state index in [0.29, 0.717) is 6.08 Å². The fourth-order valence-corrected chi connectivity index (χ4v) is 2.30. The van der Waals surface area contributed by atoms with Gasteiger partial charge in [0, 0.05) is 0 Å². The molecule has 0 aromatic carbocycles. The van der Waals surface area contributed by atoms with E-state index in [1.54, 1.807) is 20.8 Å². The molecule has 1 rings (SSSR count). The second-order valence-corrected chi connectivity index (χ2v) is 6.97. The van der Waals surface area contributed by atoms with Crippen molar-refractivity contribution < 1.29 is 37.0 Å². The quantitative estimate of drug-likeness (QED) is 0.565. The van der Waals surface area contributed by atoms with Crippen LogP contribution in [0.3, 0.4) is 0 Å². The van der Waals surface area contributed by atoms with Gasteiger partial charge in [0.05, 0.1) is 19.3 Å². The molecule has 0 aliphatic carbocycles. The van der Waals surface area contributed by atoms with Gasteiger partial charge in [0.1, 0.15) is 16.9 Å².